The van der Waals surface area contributed by atoms with E-state index in [1.54, 1.807) is 25.1 Å². The van der Waals surface area contributed by atoms with E-state index in [-0.39, 0.29) is 10.8 Å². The molecule has 0 aliphatic heterocycles. The molecule has 7 nitrogen and oxygen atoms in total. The highest BCUT2D eigenvalue weighted by Crippen LogP contribution is 2.31. The Balaban J connectivity index is 2.30. The standard InChI is InChI=1S/C17H20N2O5S/c1-11-9-14(6-7-15(11)18-12(2)20)25(21,22)19-13-5-8-16(23-3)17(10-13)24-4/h5-10,19H,1-4H3,(H,18,20). The molecule has 0 unspecified atom stereocenters. The van der Waals surface area contributed by atoms with Gasteiger partial charge in [0.15, 0.2) is 11.5 Å². The summed E-state index contributed by atoms with van der Waals surface area (Å²) in [7, 11) is -0.811. The molecule has 0 saturated carbocycles. The minimum atomic E-state index is -3.78. The molecule has 0 heterocycles. The molecule has 2 N–H and O–H groups in total. The average Bonchev–Trinajstić information content (AvgIpc) is 2.55. The van der Waals surface area contributed by atoms with Crippen LogP contribution in [0.15, 0.2) is 41.3 Å². The van der Waals surface area contributed by atoms with Gasteiger partial charge >= 0.3 is 0 Å². The van der Waals surface area contributed by atoms with Crippen LogP contribution in [0.4, 0.5) is 11.4 Å². The molecule has 0 fully saturated rings. The molecule has 2 aromatic carbocycles. The number of sulfonamides is 1. The molecular formula is C17H20N2O5S. The highest BCUT2D eigenvalue weighted by atomic mass is 32.2. The summed E-state index contributed by atoms with van der Waals surface area (Å²) in [6.07, 6.45) is 0. The fourth-order valence-corrected chi connectivity index (χ4v) is 3.38. The Bertz CT molecular complexity index is 894. The van der Waals surface area contributed by atoms with Crippen LogP contribution in [0.5, 0.6) is 11.5 Å². The largest absolute Gasteiger partial charge is 0.493 e. The minimum Gasteiger partial charge on any atom is -0.493 e. The molecule has 1 amide bonds. The number of carbonyl (C=O) groups is 1. The Morgan fingerprint density at radius 3 is 2.24 bits per heavy atom. The highest BCUT2D eigenvalue weighted by Gasteiger charge is 2.17. The predicted octanol–water partition coefficient (Wildman–Crippen LogP) is 2.77. The molecule has 2 rings (SSSR count). The van der Waals surface area contributed by atoms with Gasteiger partial charge in [-0.3, -0.25) is 9.52 Å². The zero-order valence-electron chi connectivity index (χ0n) is 14.4. The van der Waals surface area contributed by atoms with Gasteiger partial charge in [0.25, 0.3) is 10.0 Å². The Hall–Kier alpha value is -2.74. The summed E-state index contributed by atoms with van der Waals surface area (Å²) in [6.45, 7) is 3.11. The van der Waals surface area contributed by atoms with E-state index >= 15 is 0 Å². The lowest BCUT2D eigenvalue weighted by Gasteiger charge is -2.13. The van der Waals surface area contributed by atoms with Crippen molar-refractivity contribution in [3.63, 3.8) is 0 Å². The van der Waals surface area contributed by atoms with Crippen LogP contribution in [-0.2, 0) is 14.8 Å². The number of hydrogen-bond acceptors (Lipinski definition) is 5. The maximum Gasteiger partial charge on any atom is 0.261 e. The van der Waals surface area contributed by atoms with E-state index in [1.165, 1.54) is 39.3 Å². The SMILES string of the molecule is COc1ccc(NS(=O)(=O)c2ccc(NC(C)=O)c(C)c2)cc1OC. The van der Waals surface area contributed by atoms with Crippen molar-refractivity contribution in [3.05, 3.63) is 42.0 Å². The molecule has 0 radical (unpaired) electrons. The number of anilines is 2. The smallest absolute Gasteiger partial charge is 0.261 e. The molecule has 0 aromatic heterocycles. The summed E-state index contributed by atoms with van der Waals surface area (Å²) >= 11 is 0. The third-order valence-electron chi connectivity index (χ3n) is 3.45. The van der Waals surface area contributed by atoms with Crippen molar-refractivity contribution in [2.45, 2.75) is 18.7 Å². The highest BCUT2D eigenvalue weighted by molar-refractivity contribution is 7.92. The van der Waals surface area contributed by atoms with Crippen molar-refractivity contribution >= 4 is 27.3 Å². The van der Waals surface area contributed by atoms with Gasteiger partial charge in [-0.15, -0.1) is 0 Å². The fourth-order valence-electron chi connectivity index (χ4n) is 2.25. The molecule has 0 aliphatic carbocycles. The second-order valence-corrected chi connectivity index (χ2v) is 7.02. The summed E-state index contributed by atoms with van der Waals surface area (Å²) in [5.74, 6) is 0.697. The van der Waals surface area contributed by atoms with Crippen molar-refractivity contribution in [2.24, 2.45) is 0 Å². The quantitative estimate of drug-likeness (QED) is 0.822. The van der Waals surface area contributed by atoms with E-state index in [9.17, 15) is 13.2 Å². The Labute approximate surface area is 147 Å². The van der Waals surface area contributed by atoms with Crippen LogP contribution < -0.4 is 19.5 Å². The van der Waals surface area contributed by atoms with E-state index in [1.807, 2.05) is 0 Å². The zero-order chi connectivity index (χ0) is 18.6. The molecule has 0 atom stereocenters. The van der Waals surface area contributed by atoms with Gasteiger partial charge in [-0.05, 0) is 42.8 Å². The number of benzene rings is 2. The van der Waals surface area contributed by atoms with Crippen molar-refractivity contribution < 1.29 is 22.7 Å². The third-order valence-corrected chi connectivity index (χ3v) is 4.83. The first-order valence-corrected chi connectivity index (χ1v) is 8.88. The van der Waals surface area contributed by atoms with Gasteiger partial charge in [0.05, 0.1) is 24.8 Å². The van der Waals surface area contributed by atoms with E-state index in [0.717, 1.165) is 0 Å². The van der Waals surface area contributed by atoms with Crippen LogP contribution in [0.2, 0.25) is 0 Å². The first-order chi connectivity index (χ1) is 11.8. The lowest BCUT2D eigenvalue weighted by Crippen LogP contribution is -2.14. The van der Waals surface area contributed by atoms with Crippen molar-refractivity contribution in [1.29, 1.82) is 0 Å². The van der Waals surface area contributed by atoms with Crippen molar-refractivity contribution in [1.82, 2.24) is 0 Å². The molecule has 0 bridgehead atoms. The third kappa shape index (κ3) is 4.42. The van der Waals surface area contributed by atoms with Gasteiger partial charge in [0.2, 0.25) is 5.91 Å². The Morgan fingerprint density at radius 2 is 1.68 bits per heavy atom. The van der Waals surface area contributed by atoms with Gasteiger partial charge in [-0.1, -0.05) is 0 Å². The first kappa shape index (κ1) is 18.6. The van der Waals surface area contributed by atoms with Gasteiger partial charge in [-0.25, -0.2) is 8.42 Å². The normalized spacial score (nSPS) is 10.9. The van der Waals surface area contributed by atoms with Gasteiger partial charge < -0.3 is 14.8 Å². The van der Waals surface area contributed by atoms with Crippen LogP contribution in [0.3, 0.4) is 0 Å². The molecule has 0 saturated heterocycles. The van der Waals surface area contributed by atoms with E-state index in [2.05, 4.69) is 10.0 Å². The maximum absolute atomic E-state index is 12.6. The first-order valence-electron chi connectivity index (χ1n) is 7.40. The fraction of sp³-hybridized carbons (Fsp3) is 0.235. The number of carbonyl (C=O) groups excluding carboxylic acids is 1. The monoisotopic (exact) mass is 364 g/mol. The van der Waals surface area contributed by atoms with Crippen LogP contribution in [-0.4, -0.2) is 28.5 Å². The molecule has 0 spiro atoms. The topological polar surface area (TPSA) is 93.7 Å². The zero-order valence-corrected chi connectivity index (χ0v) is 15.2. The predicted molar refractivity (Wildman–Crippen MR) is 95.8 cm³/mol. The average molecular weight is 364 g/mol. The van der Waals surface area contributed by atoms with Crippen LogP contribution in [0.25, 0.3) is 0 Å². The maximum atomic E-state index is 12.6. The van der Waals surface area contributed by atoms with Crippen LogP contribution in [0, 0.1) is 6.92 Å². The second-order valence-electron chi connectivity index (χ2n) is 5.33. The molecule has 134 valence electrons. The lowest BCUT2D eigenvalue weighted by molar-refractivity contribution is -0.114. The van der Waals surface area contributed by atoms with Crippen molar-refractivity contribution in [3.8, 4) is 11.5 Å². The molecular weight excluding hydrogens is 344 g/mol. The summed E-state index contributed by atoms with van der Waals surface area (Å²) in [6, 6.07) is 9.21. The Morgan fingerprint density at radius 1 is 1.00 bits per heavy atom. The van der Waals surface area contributed by atoms with Crippen LogP contribution >= 0.6 is 0 Å². The van der Waals surface area contributed by atoms with Gasteiger partial charge in [-0.2, -0.15) is 0 Å². The summed E-state index contributed by atoms with van der Waals surface area (Å²) in [5, 5.41) is 2.64. The number of amides is 1. The number of aryl methyl sites for hydroxylation is 1. The number of nitrogens with one attached hydrogen (secondary N) is 2. The number of methoxy groups -OCH3 is 2. The van der Waals surface area contributed by atoms with E-state index in [0.29, 0.717) is 28.4 Å². The number of rotatable bonds is 6. The lowest BCUT2D eigenvalue weighted by atomic mass is 10.2. The summed E-state index contributed by atoms with van der Waals surface area (Å²) in [5.41, 5.74) is 1.56. The molecule has 8 heteroatoms. The van der Waals surface area contributed by atoms with Gasteiger partial charge in [0.1, 0.15) is 0 Å². The Kier molecular flexibility index (Phi) is 5.53. The molecule has 0 aliphatic rings. The second kappa shape index (κ2) is 7.43. The summed E-state index contributed by atoms with van der Waals surface area (Å²) in [4.78, 5) is 11.2. The number of ether oxygens (including phenoxy) is 2. The van der Waals surface area contributed by atoms with Crippen LogP contribution in [0.1, 0.15) is 12.5 Å². The minimum absolute atomic E-state index is 0.0916. The number of hydrogen-bond donors (Lipinski definition) is 2. The van der Waals surface area contributed by atoms with E-state index < -0.39 is 10.0 Å². The van der Waals surface area contributed by atoms with E-state index in [4.69, 9.17) is 9.47 Å². The van der Waals surface area contributed by atoms with Crippen molar-refractivity contribution in [2.75, 3.05) is 24.3 Å². The molecule has 25 heavy (non-hydrogen) atoms. The van der Waals surface area contributed by atoms with Gasteiger partial charge in [0, 0.05) is 18.7 Å². The summed E-state index contributed by atoms with van der Waals surface area (Å²) < 4.78 is 37.9. The molecule has 2 aromatic rings.